The number of Topliss-reactive ketones (excluding diaryl/α,β-unsaturated/α-hetero) is 1. The number of hydroxylamine groups is 1. The Morgan fingerprint density at radius 2 is 1.60 bits per heavy atom. The Morgan fingerprint density at radius 1 is 0.920 bits per heavy atom. The van der Waals surface area contributed by atoms with E-state index >= 15 is 0 Å². The molecular weight excluding hydrogens is 320 g/mol. The number of anilines is 1. The summed E-state index contributed by atoms with van der Waals surface area (Å²) in [6.45, 7) is 0. The molecule has 2 amide bonds. The first kappa shape index (κ1) is 14.4. The molecule has 3 atom stereocenters. The number of amides is 2. The van der Waals surface area contributed by atoms with Crippen LogP contribution in [-0.2, 0) is 20.0 Å². The van der Waals surface area contributed by atoms with Crippen LogP contribution in [0.5, 0.6) is 0 Å². The van der Waals surface area contributed by atoms with E-state index in [-0.39, 0.29) is 11.7 Å². The van der Waals surface area contributed by atoms with Crippen molar-refractivity contribution in [2.45, 2.75) is 11.6 Å². The van der Waals surface area contributed by atoms with Crippen LogP contribution in [0, 0.1) is 5.92 Å². The Labute approximate surface area is 143 Å². The minimum absolute atomic E-state index is 0.210. The number of fused-ring (bicyclic) bond motifs is 5. The molecule has 2 aromatic carbocycles. The van der Waals surface area contributed by atoms with Gasteiger partial charge in [-0.05, 0) is 17.7 Å². The van der Waals surface area contributed by atoms with Gasteiger partial charge in [0.2, 0.25) is 5.91 Å². The fourth-order valence-corrected chi connectivity index (χ4v) is 4.26. The molecule has 0 N–H and O–H groups in total. The Bertz CT molecular complexity index is 941. The van der Waals surface area contributed by atoms with Crippen molar-refractivity contribution in [1.82, 2.24) is 4.90 Å². The summed E-state index contributed by atoms with van der Waals surface area (Å²) >= 11 is 0. The largest absolute Gasteiger partial charge is 0.291 e. The lowest BCUT2D eigenvalue weighted by Gasteiger charge is -2.33. The van der Waals surface area contributed by atoms with Crippen molar-refractivity contribution in [3.05, 3.63) is 65.7 Å². The number of carbonyl (C=O) groups is 3. The molecule has 5 rings (SSSR count). The van der Waals surface area contributed by atoms with Gasteiger partial charge in [0.05, 0.1) is 5.69 Å². The van der Waals surface area contributed by atoms with Crippen LogP contribution < -0.4 is 5.06 Å². The molecule has 0 spiro atoms. The molecule has 0 unspecified atom stereocenters. The first-order chi connectivity index (χ1) is 12.1. The number of hydrogen-bond donors (Lipinski definition) is 0. The van der Waals surface area contributed by atoms with Gasteiger partial charge in [0, 0.05) is 12.6 Å². The van der Waals surface area contributed by atoms with Crippen molar-refractivity contribution >= 4 is 23.3 Å². The van der Waals surface area contributed by atoms with Crippen LogP contribution in [0.4, 0.5) is 5.69 Å². The van der Waals surface area contributed by atoms with Crippen LogP contribution in [-0.4, -0.2) is 35.6 Å². The number of para-hydroxylation sites is 1. The van der Waals surface area contributed by atoms with E-state index < -0.39 is 23.5 Å². The predicted octanol–water partition coefficient (Wildman–Crippen LogP) is 1.51. The number of nitrogens with zero attached hydrogens (tertiary/aromatic N) is 2. The Hall–Kier alpha value is -2.99. The van der Waals surface area contributed by atoms with Crippen LogP contribution in [0.2, 0.25) is 0 Å². The summed E-state index contributed by atoms with van der Waals surface area (Å²) in [5.41, 5.74) is 0.404. The first-order valence-electron chi connectivity index (χ1n) is 8.06. The molecule has 2 fully saturated rings. The third-order valence-corrected chi connectivity index (χ3v) is 5.39. The molecule has 0 bridgehead atoms. The van der Waals surface area contributed by atoms with Crippen molar-refractivity contribution < 1.29 is 19.2 Å². The normalized spacial score (nSPS) is 29.9. The van der Waals surface area contributed by atoms with Gasteiger partial charge in [0.1, 0.15) is 5.92 Å². The third-order valence-electron chi connectivity index (χ3n) is 5.39. The molecule has 2 aromatic rings. The monoisotopic (exact) mass is 334 g/mol. The Balaban J connectivity index is 1.82. The van der Waals surface area contributed by atoms with E-state index in [0.29, 0.717) is 16.8 Å². The maximum Gasteiger partial charge on any atom is 0.261 e. The molecule has 0 aromatic heterocycles. The maximum absolute atomic E-state index is 13.5. The molecular formula is C19H14N2O4. The average molecular weight is 334 g/mol. The summed E-state index contributed by atoms with van der Waals surface area (Å²) in [5.74, 6) is -1.90. The predicted molar refractivity (Wildman–Crippen MR) is 87.5 cm³/mol. The number of carbonyl (C=O) groups excluding carboxylic acids is 3. The summed E-state index contributed by atoms with van der Waals surface area (Å²) in [6.07, 6.45) is -0.977. The van der Waals surface area contributed by atoms with E-state index in [9.17, 15) is 14.4 Å². The van der Waals surface area contributed by atoms with E-state index in [1.54, 1.807) is 36.4 Å². The van der Waals surface area contributed by atoms with Crippen LogP contribution >= 0.6 is 0 Å². The highest BCUT2D eigenvalue weighted by atomic mass is 16.7. The summed E-state index contributed by atoms with van der Waals surface area (Å²) in [6, 6.07) is 16.2. The summed E-state index contributed by atoms with van der Waals surface area (Å²) in [5, 5.41) is 1.48. The fourth-order valence-electron chi connectivity index (χ4n) is 4.26. The molecule has 3 aliphatic rings. The highest BCUT2D eigenvalue weighted by molar-refractivity contribution is 6.20. The quantitative estimate of drug-likeness (QED) is 0.740. The second-order valence-electron chi connectivity index (χ2n) is 6.51. The van der Waals surface area contributed by atoms with Gasteiger partial charge in [-0.1, -0.05) is 42.5 Å². The summed E-state index contributed by atoms with van der Waals surface area (Å²) in [7, 11) is 1.43. The van der Waals surface area contributed by atoms with Gasteiger partial charge in [-0.25, -0.2) is 5.06 Å². The lowest BCUT2D eigenvalue weighted by Crippen LogP contribution is -2.50. The number of imide groups is 1. The molecule has 6 nitrogen and oxygen atoms in total. The van der Waals surface area contributed by atoms with Crippen LogP contribution in [0.25, 0.3) is 0 Å². The van der Waals surface area contributed by atoms with Gasteiger partial charge >= 0.3 is 0 Å². The smallest absolute Gasteiger partial charge is 0.261 e. The fraction of sp³-hybridized carbons (Fsp3) is 0.211. The van der Waals surface area contributed by atoms with Gasteiger partial charge < -0.3 is 0 Å². The van der Waals surface area contributed by atoms with Gasteiger partial charge in [-0.2, -0.15) is 0 Å². The van der Waals surface area contributed by atoms with E-state index in [2.05, 4.69) is 0 Å². The van der Waals surface area contributed by atoms with Crippen LogP contribution in [0.15, 0.2) is 54.6 Å². The second kappa shape index (κ2) is 4.55. The molecule has 0 saturated carbocycles. The molecule has 0 radical (unpaired) electrons. The number of likely N-dealkylation sites (tertiary alicyclic amines) is 1. The molecule has 0 aliphatic carbocycles. The minimum atomic E-state index is -1.34. The highest BCUT2D eigenvalue weighted by Gasteiger charge is 2.72. The number of hydrogen-bond acceptors (Lipinski definition) is 5. The zero-order valence-corrected chi connectivity index (χ0v) is 13.4. The lowest BCUT2D eigenvalue weighted by atomic mass is 9.74. The zero-order valence-electron chi connectivity index (χ0n) is 13.4. The Kier molecular flexibility index (Phi) is 2.61. The zero-order chi connectivity index (χ0) is 17.3. The summed E-state index contributed by atoms with van der Waals surface area (Å²) < 4.78 is 0. The summed E-state index contributed by atoms with van der Waals surface area (Å²) in [4.78, 5) is 45.8. The van der Waals surface area contributed by atoms with E-state index in [1.165, 1.54) is 12.1 Å². The van der Waals surface area contributed by atoms with E-state index in [1.807, 2.05) is 18.2 Å². The number of benzene rings is 2. The number of likely N-dealkylation sites (N-methyl/N-ethyl adjacent to an activating group) is 1. The van der Waals surface area contributed by atoms with Gasteiger partial charge in [-0.3, -0.25) is 24.1 Å². The molecule has 3 aliphatic heterocycles. The van der Waals surface area contributed by atoms with Crippen LogP contribution in [0.3, 0.4) is 0 Å². The number of rotatable bonds is 1. The topological polar surface area (TPSA) is 66.9 Å². The van der Waals surface area contributed by atoms with Gasteiger partial charge in [0.25, 0.3) is 5.91 Å². The first-order valence-corrected chi connectivity index (χ1v) is 8.06. The SMILES string of the molecule is CN1C(=O)[C@H]2ON3c4ccccc4C(=O)[C@]3(c3ccccc3)[C@H]2C1=O. The minimum Gasteiger partial charge on any atom is -0.291 e. The van der Waals surface area contributed by atoms with Crippen molar-refractivity contribution in [3.63, 3.8) is 0 Å². The maximum atomic E-state index is 13.5. The van der Waals surface area contributed by atoms with Crippen molar-refractivity contribution in [2.24, 2.45) is 5.92 Å². The van der Waals surface area contributed by atoms with E-state index in [0.717, 1.165) is 4.90 Å². The lowest BCUT2D eigenvalue weighted by molar-refractivity contribution is -0.141. The average Bonchev–Trinajstić information content (AvgIpc) is 3.20. The highest BCUT2D eigenvalue weighted by Crippen LogP contribution is 2.57. The number of ketones is 1. The standard InChI is InChI=1S/C19H14N2O4/c1-20-17(23)14-15(18(20)24)25-21-13-10-6-5-9-12(13)16(22)19(14,21)11-7-3-2-4-8-11/h2-10,14-15H,1H3/t14-,15+,19+/m1/s1. The van der Waals surface area contributed by atoms with Crippen LogP contribution in [0.1, 0.15) is 15.9 Å². The molecule has 25 heavy (non-hydrogen) atoms. The second-order valence-corrected chi connectivity index (χ2v) is 6.51. The van der Waals surface area contributed by atoms with Gasteiger partial charge in [-0.15, -0.1) is 0 Å². The molecule has 2 saturated heterocycles. The molecule has 6 heteroatoms. The molecule has 124 valence electrons. The van der Waals surface area contributed by atoms with Gasteiger partial charge in [0.15, 0.2) is 17.4 Å². The Morgan fingerprint density at radius 3 is 2.36 bits per heavy atom. The van der Waals surface area contributed by atoms with Crippen molar-refractivity contribution in [2.75, 3.05) is 12.1 Å². The van der Waals surface area contributed by atoms with Crippen molar-refractivity contribution in [3.8, 4) is 0 Å². The van der Waals surface area contributed by atoms with Crippen molar-refractivity contribution in [1.29, 1.82) is 0 Å². The van der Waals surface area contributed by atoms with E-state index in [4.69, 9.17) is 4.84 Å². The molecule has 3 heterocycles. The third kappa shape index (κ3) is 1.46.